The van der Waals surface area contributed by atoms with Gasteiger partial charge in [0.05, 0.1) is 0 Å². The molecule has 3 rings (SSSR count). The van der Waals surface area contributed by atoms with Crippen LogP contribution in [0.25, 0.3) is 0 Å². The van der Waals surface area contributed by atoms with Crippen molar-refractivity contribution in [1.29, 1.82) is 0 Å². The second-order valence-corrected chi connectivity index (χ2v) is 6.14. The van der Waals surface area contributed by atoms with Gasteiger partial charge in [-0.05, 0) is 56.4 Å². The molecule has 0 fully saturated rings. The van der Waals surface area contributed by atoms with Crippen molar-refractivity contribution >= 4 is 17.4 Å². The van der Waals surface area contributed by atoms with Crippen LogP contribution in [0, 0.1) is 11.6 Å². The van der Waals surface area contributed by atoms with E-state index in [4.69, 9.17) is 0 Å². The topological polar surface area (TPSA) is 66.9 Å². The summed E-state index contributed by atoms with van der Waals surface area (Å²) in [7, 11) is 0. The minimum atomic E-state index is -0.731. The van der Waals surface area contributed by atoms with Crippen molar-refractivity contribution < 1.29 is 13.6 Å². The molecule has 1 aromatic heterocycles. The number of hydrogen-bond acceptors (Lipinski definition) is 4. The third-order valence-electron chi connectivity index (χ3n) is 4.23. The highest BCUT2D eigenvalue weighted by molar-refractivity contribution is 5.92. The first-order valence-electron chi connectivity index (χ1n) is 8.64. The van der Waals surface area contributed by atoms with Crippen molar-refractivity contribution in [3.05, 3.63) is 59.3 Å². The van der Waals surface area contributed by atoms with Crippen LogP contribution in [0.5, 0.6) is 0 Å². The van der Waals surface area contributed by atoms with Crippen molar-refractivity contribution in [2.24, 2.45) is 0 Å². The molecule has 0 unspecified atom stereocenters. The number of anilines is 2. The highest BCUT2D eigenvalue weighted by Gasteiger charge is 2.12. The van der Waals surface area contributed by atoms with Gasteiger partial charge < -0.3 is 10.6 Å². The second-order valence-electron chi connectivity index (χ2n) is 6.14. The van der Waals surface area contributed by atoms with E-state index < -0.39 is 11.6 Å². The van der Waals surface area contributed by atoms with E-state index >= 15 is 0 Å². The van der Waals surface area contributed by atoms with E-state index in [1.54, 1.807) is 0 Å². The number of allylic oxidation sites excluding steroid dienone is 1. The lowest BCUT2D eigenvalue weighted by Crippen LogP contribution is -2.26. The molecule has 1 aliphatic rings. The van der Waals surface area contributed by atoms with Crippen LogP contribution < -0.4 is 10.6 Å². The first-order chi connectivity index (χ1) is 12.6. The van der Waals surface area contributed by atoms with Crippen LogP contribution >= 0.6 is 0 Å². The van der Waals surface area contributed by atoms with Crippen molar-refractivity contribution in [1.82, 2.24) is 15.5 Å². The van der Waals surface area contributed by atoms with E-state index in [2.05, 4.69) is 26.9 Å². The standard InChI is InChI=1S/C19H20F2N4O/c20-14-7-4-8-15(21)18(14)23-17-10-9-16(24-25-17)19(26)22-12-11-13-5-2-1-3-6-13/h4-5,7-10H,1-3,6,11-12H2,(H,22,26)(H,23,25). The lowest BCUT2D eigenvalue weighted by atomic mass is 9.97. The van der Waals surface area contributed by atoms with Crippen LogP contribution in [0.1, 0.15) is 42.6 Å². The Kier molecular flexibility index (Phi) is 5.88. The monoisotopic (exact) mass is 358 g/mol. The quantitative estimate of drug-likeness (QED) is 0.763. The number of benzene rings is 1. The number of amides is 1. The predicted molar refractivity (Wildman–Crippen MR) is 95.2 cm³/mol. The average Bonchev–Trinajstić information content (AvgIpc) is 2.66. The molecule has 1 aromatic carbocycles. The summed E-state index contributed by atoms with van der Waals surface area (Å²) in [5.74, 6) is -1.63. The molecule has 2 N–H and O–H groups in total. The minimum absolute atomic E-state index is 0.151. The van der Waals surface area contributed by atoms with E-state index in [-0.39, 0.29) is 23.1 Å². The van der Waals surface area contributed by atoms with Crippen molar-refractivity contribution in [3.8, 4) is 0 Å². The number of nitrogens with one attached hydrogen (secondary N) is 2. The smallest absolute Gasteiger partial charge is 0.271 e. The normalized spacial score (nSPS) is 13.8. The van der Waals surface area contributed by atoms with Crippen LogP contribution in [-0.2, 0) is 0 Å². The Hall–Kier alpha value is -2.83. The molecule has 0 saturated carbocycles. The van der Waals surface area contributed by atoms with Gasteiger partial charge in [0.2, 0.25) is 0 Å². The van der Waals surface area contributed by atoms with Gasteiger partial charge in [-0.25, -0.2) is 8.78 Å². The van der Waals surface area contributed by atoms with Gasteiger partial charge in [0, 0.05) is 6.54 Å². The molecule has 0 saturated heterocycles. The highest BCUT2D eigenvalue weighted by atomic mass is 19.1. The summed E-state index contributed by atoms with van der Waals surface area (Å²) < 4.78 is 27.2. The minimum Gasteiger partial charge on any atom is -0.350 e. The summed E-state index contributed by atoms with van der Waals surface area (Å²) in [6.07, 6.45) is 7.75. The fourth-order valence-electron chi connectivity index (χ4n) is 2.82. The molecule has 0 aliphatic heterocycles. The number of carbonyl (C=O) groups excluding carboxylic acids is 1. The average molecular weight is 358 g/mol. The molecule has 0 radical (unpaired) electrons. The zero-order chi connectivity index (χ0) is 18.4. The summed E-state index contributed by atoms with van der Waals surface area (Å²) in [6, 6.07) is 6.48. The molecule has 136 valence electrons. The van der Waals surface area contributed by atoms with Crippen LogP contribution in [0.3, 0.4) is 0 Å². The van der Waals surface area contributed by atoms with Gasteiger partial charge in [-0.3, -0.25) is 4.79 Å². The maximum Gasteiger partial charge on any atom is 0.271 e. The maximum absolute atomic E-state index is 13.6. The second kappa shape index (κ2) is 8.51. The Morgan fingerprint density at radius 2 is 1.88 bits per heavy atom. The summed E-state index contributed by atoms with van der Waals surface area (Å²) in [4.78, 5) is 12.1. The number of nitrogens with zero attached hydrogens (tertiary/aromatic N) is 2. The van der Waals surface area contributed by atoms with Crippen molar-refractivity contribution in [3.63, 3.8) is 0 Å². The molecular weight excluding hydrogens is 338 g/mol. The fourth-order valence-corrected chi connectivity index (χ4v) is 2.82. The van der Waals surface area contributed by atoms with Crippen molar-refractivity contribution in [2.75, 3.05) is 11.9 Å². The van der Waals surface area contributed by atoms with Crippen LogP contribution in [0.15, 0.2) is 42.0 Å². The van der Waals surface area contributed by atoms with Gasteiger partial charge in [-0.1, -0.05) is 17.7 Å². The number of hydrogen-bond donors (Lipinski definition) is 2. The summed E-state index contributed by atoms with van der Waals surface area (Å²) in [6.45, 7) is 0.548. The first kappa shape index (κ1) is 18.0. The van der Waals surface area contributed by atoms with Crippen LogP contribution in [-0.4, -0.2) is 22.6 Å². The molecule has 0 bridgehead atoms. The molecule has 1 amide bonds. The number of rotatable bonds is 6. The lowest BCUT2D eigenvalue weighted by molar-refractivity contribution is 0.0948. The molecule has 26 heavy (non-hydrogen) atoms. The van der Waals surface area contributed by atoms with Gasteiger partial charge >= 0.3 is 0 Å². The molecule has 5 nitrogen and oxygen atoms in total. The Balaban J connectivity index is 1.55. The Labute approximate surface area is 150 Å². The number of aromatic nitrogens is 2. The molecule has 0 spiro atoms. The first-order valence-corrected chi connectivity index (χ1v) is 8.64. The van der Waals surface area contributed by atoms with Gasteiger partial charge in [0.15, 0.2) is 11.5 Å². The van der Waals surface area contributed by atoms with Gasteiger partial charge in [0.1, 0.15) is 17.3 Å². The molecule has 2 aromatic rings. The molecule has 1 aliphatic carbocycles. The van der Waals surface area contributed by atoms with E-state index in [0.717, 1.165) is 31.4 Å². The van der Waals surface area contributed by atoms with E-state index in [1.807, 2.05) is 0 Å². The summed E-state index contributed by atoms with van der Waals surface area (Å²) in [5.41, 5.74) is 1.23. The third-order valence-corrected chi connectivity index (χ3v) is 4.23. The number of para-hydroxylation sites is 1. The van der Waals surface area contributed by atoms with Gasteiger partial charge in [0.25, 0.3) is 5.91 Å². The number of carbonyl (C=O) groups is 1. The van der Waals surface area contributed by atoms with Crippen LogP contribution in [0.4, 0.5) is 20.3 Å². The molecule has 0 atom stereocenters. The lowest BCUT2D eigenvalue weighted by Gasteiger charge is -2.12. The van der Waals surface area contributed by atoms with E-state index in [0.29, 0.717) is 6.54 Å². The van der Waals surface area contributed by atoms with Gasteiger partial charge in [-0.15, -0.1) is 10.2 Å². The maximum atomic E-state index is 13.6. The largest absolute Gasteiger partial charge is 0.350 e. The zero-order valence-electron chi connectivity index (χ0n) is 14.3. The van der Waals surface area contributed by atoms with Crippen molar-refractivity contribution in [2.45, 2.75) is 32.1 Å². The Bertz CT molecular complexity index is 785. The van der Waals surface area contributed by atoms with Gasteiger partial charge in [-0.2, -0.15) is 0 Å². The SMILES string of the molecule is O=C(NCCC1=CCCCC1)c1ccc(Nc2c(F)cccc2F)nn1. The third kappa shape index (κ3) is 4.62. The Morgan fingerprint density at radius 3 is 2.54 bits per heavy atom. The molecule has 7 heteroatoms. The fraction of sp³-hybridized carbons (Fsp3) is 0.316. The highest BCUT2D eigenvalue weighted by Crippen LogP contribution is 2.22. The summed E-state index contributed by atoms with van der Waals surface area (Å²) >= 11 is 0. The molecule has 1 heterocycles. The Morgan fingerprint density at radius 1 is 1.08 bits per heavy atom. The van der Waals surface area contributed by atoms with E-state index in [1.165, 1.54) is 36.6 Å². The van der Waals surface area contributed by atoms with Crippen LogP contribution in [0.2, 0.25) is 0 Å². The summed E-state index contributed by atoms with van der Waals surface area (Å²) in [5, 5.41) is 13.0. The van der Waals surface area contributed by atoms with E-state index in [9.17, 15) is 13.6 Å². The predicted octanol–water partition coefficient (Wildman–Crippen LogP) is 4.12. The molecular formula is C19H20F2N4O. The number of halogens is 2. The zero-order valence-corrected chi connectivity index (χ0v) is 14.3.